The number of ether oxygens (including phenoxy) is 3. The highest BCUT2D eigenvalue weighted by Crippen LogP contribution is 2.57. The molecule has 4 unspecified atom stereocenters. The first kappa shape index (κ1) is 16.0. The third-order valence-electron chi connectivity index (χ3n) is 5.47. The van der Waals surface area contributed by atoms with Crippen LogP contribution in [0.4, 0.5) is 0 Å². The van der Waals surface area contributed by atoms with E-state index in [2.05, 4.69) is 4.98 Å². The van der Waals surface area contributed by atoms with Crippen molar-refractivity contribution in [1.29, 1.82) is 0 Å². The normalized spacial score (nSPS) is 40.3. The summed E-state index contributed by atoms with van der Waals surface area (Å²) >= 11 is 0. The Bertz CT molecular complexity index is 766. The van der Waals surface area contributed by atoms with Crippen molar-refractivity contribution in [2.75, 3.05) is 6.61 Å². The lowest BCUT2D eigenvalue weighted by Crippen LogP contribution is -2.48. The second-order valence-electron chi connectivity index (χ2n) is 7.36. The first-order valence-corrected chi connectivity index (χ1v) is 8.30. The van der Waals surface area contributed by atoms with E-state index in [4.69, 9.17) is 14.2 Å². The Morgan fingerprint density at radius 1 is 1.29 bits per heavy atom. The van der Waals surface area contributed by atoms with Gasteiger partial charge in [0.2, 0.25) is 0 Å². The molecule has 0 bridgehead atoms. The van der Waals surface area contributed by atoms with E-state index in [0.29, 0.717) is 0 Å². The molecule has 24 heavy (non-hydrogen) atoms. The van der Waals surface area contributed by atoms with Crippen LogP contribution in [0.1, 0.15) is 45.8 Å². The molecule has 4 atom stereocenters. The molecule has 1 saturated carbocycles. The number of aliphatic hydroxyl groups is 1. The molecule has 8 nitrogen and oxygen atoms in total. The summed E-state index contributed by atoms with van der Waals surface area (Å²) in [5.74, 6) is -0.677. The van der Waals surface area contributed by atoms with Crippen LogP contribution in [0.5, 0.6) is 0 Å². The summed E-state index contributed by atoms with van der Waals surface area (Å²) in [7, 11) is 0. The third-order valence-corrected chi connectivity index (χ3v) is 5.47. The molecule has 2 saturated heterocycles. The topological polar surface area (TPSA) is 103 Å². The molecule has 1 aliphatic carbocycles. The van der Waals surface area contributed by atoms with Gasteiger partial charge in [-0.3, -0.25) is 14.3 Å². The fraction of sp³-hybridized carbons (Fsp3) is 0.750. The lowest BCUT2D eigenvalue weighted by atomic mass is 9.89. The van der Waals surface area contributed by atoms with Gasteiger partial charge in [0.25, 0.3) is 5.56 Å². The molecular weight excluding hydrogens is 316 g/mol. The number of aromatic amines is 1. The van der Waals surface area contributed by atoms with Gasteiger partial charge in [-0.05, 0) is 26.7 Å². The zero-order valence-electron chi connectivity index (χ0n) is 13.8. The van der Waals surface area contributed by atoms with Gasteiger partial charge < -0.3 is 19.3 Å². The Morgan fingerprint density at radius 2 is 2.00 bits per heavy atom. The Kier molecular flexibility index (Phi) is 3.34. The van der Waals surface area contributed by atoms with Crippen molar-refractivity contribution >= 4 is 0 Å². The predicted octanol–water partition coefficient (Wildman–Crippen LogP) is 0.261. The summed E-state index contributed by atoms with van der Waals surface area (Å²) in [5.41, 5.74) is -2.99. The monoisotopic (exact) mass is 338 g/mol. The molecule has 3 fully saturated rings. The van der Waals surface area contributed by atoms with Crippen LogP contribution in [0.2, 0.25) is 0 Å². The maximum atomic E-state index is 12.2. The van der Waals surface area contributed by atoms with Crippen LogP contribution in [0, 0.1) is 0 Å². The van der Waals surface area contributed by atoms with Crippen molar-refractivity contribution in [3.8, 4) is 0 Å². The molecule has 4 rings (SSSR count). The second kappa shape index (κ2) is 5.01. The van der Waals surface area contributed by atoms with E-state index in [9.17, 15) is 14.7 Å². The summed E-state index contributed by atoms with van der Waals surface area (Å²) in [6.45, 7) is 3.33. The van der Waals surface area contributed by atoms with Crippen molar-refractivity contribution in [1.82, 2.24) is 9.55 Å². The van der Waals surface area contributed by atoms with Crippen molar-refractivity contribution in [3.05, 3.63) is 33.1 Å². The van der Waals surface area contributed by atoms with Gasteiger partial charge in [0, 0.05) is 25.1 Å². The van der Waals surface area contributed by atoms with Gasteiger partial charge in [0.05, 0.1) is 6.61 Å². The minimum Gasteiger partial charge on any atom is -0.393 e. The zero-order chi connectivity index (χ0) is 17.2. The van der Waals surface area contributed by atoms with Crippen LogP contribution >= 0.6 is 0 Å². The number of hydrogen-bond acceptors (Lipinski definition) is 6. The zero-order valence-corrected chi connectivity index (χ0v) is 13.8. The van der Waals surface area contributed by atoms with Crippen LogP contribution in [0.25, 0.3) is 0 Å². The third kappa shape index (κ3) is 2.07. The number of rotatable bonds is 2. The molecular formula is C16H22N2O6. The summed E-state index contributed by atoms with van der Waals surface area (Å²) in [5, 5.41) is 9.89. The highest BCUT2D eigenvalue weighted by atomic mass is 16.8. The number of hydrogen-bond donors (Lipinski definition) is 2. The van der Waals surface area contributed by atoms with E-state index in [-0.39, 0.29) is 6.61 Å². The lowest BCUT2D eigenvalue weighted by molar-refractivity contribution is -0.248. The van der Waals surface area contributed by atoms with E-state index in [1.165, 1.54) is 16.8 Å². The van der Waals surface area contributed by atoms with E-state index in [1.54, 1.807) is 6.92 Å². The average Bonchev–Trinajstić information content (AvgIpc) is 3.16. The number of aliphatic hydroxyl groups excluding tert-OH is 1. The summed E-state index contributed by atoms with van der Waals surface area (Å²) < 4.78 is 19.9. The van der Waals surface area contributed by atoms with Crippen LogP contribution in [0.15, 0.2) is 21.9 Å². The summed E-state index contributed by atoms with van der Waals surface area (Å²) in [6.07, 6.45) is 3.67. The molecule has 0 radical (unpaired) electrons. The highest BCUT2D eigenvalue weighted by Gasteiger charge is 2.70. The summed E-state index contributed by atoms with van der Waals surface area (Å²) in [4.78, 5) is 25.8. The van der Waals surface area contributed by atoms with Crippen LogP contribution in [-0.2, 0) is 14.2 Å². The first-order chi connectivity index (χ1) is 11.3. The SMILES string of the molecule is CC1(CO)OC(n2ccc(=O)[nH]c2=O)C2(C)OC3(CCCC3)OC12. The quantitative estimate of drug-likeness (QED) is 0.802. The number of fused-ring (bicyclic) bond motifs is 1. The molecule has 132 valence electrons. The fourth-order valence-electron chi connectivity index (χ4n) is 4.35. The van der Waals surface area contributed by atoms with Gasteiger partial charge in [-0.25, -0.2) is 4.79 Å². The van der Waals surface area contributed by atoms with Gasteiger partial charge in [0.15, 0.2) is 12.0 Å². The maximum absolute atomic E-state index is 12.2. The largest absolute Gasteiger partial charge is 0.393 e. The number of aromatic nitrogens is 2. The van der Waals surface area contributed by atoms with Crippen molar-refractivity contribution < 1.29 is 19.3 Å². The molecule has 1 aromatic rings. The Hall–Kier alpha value is -1.48. The van der Waals surface area contributed by atoms with E-state index >= 15 is 0 Å². The van der Waals surface area contributed by atoms with Crippen LogP contribution in [0.3, 0.4) is 0 Å². The highest BCUT2D eigenvalue weighted by molar-refractivity contribution is 5.13. The van der Waals surface area contributed by atoms with Crippen molar-refractivity contribution in [2.24, 2.45) is 0 Å². The van der Waals surface area contributed by atoms with Crippen molar-refractivity contribution in [2.45, 2.75) is 68.9 Å². The van der Waals surface area contributed by atoms with Gasteiger partial charge in [-0.15, -0.1) is 0 Å². The minimum absolute atomic E-state index is 0.263. The van der Waals surface area contributed by atoms with Gasteiger partial charge in [0.1, 0.15) is 17.3 Å². The number of nitrogens with zero attached hydrogens (tertiary/aromatic N) is 1. The summed E-state index contributed by atoms with van der Waals surface area (Å²) in [6, 6.07) is 1.26. The maximum Gasteiger partial charge on any atom is 0.330 e. The molecule has 8 heteroatoms. The van der Waals surface area contributed by atoms with Crippen molar-refractivity contribution in [3.63, 3.8) is 0 Å². The molecule has 3 heterocycles. The smallest absolute Gasteiger partial charge is 0.330 e. The molecule has 1 aromatic heterocycles. The standard InChI is InChI=1S/C16H22N2O6/c1-14(9-19)11-15(2,24-16(22-11)6-3-4-7-16)12(23-14)18-8-5-10(20)17-13(18)21/h5,8,11-12,19H,3-4,6-7,9H2,1-2H3,(H,17,20,21). The molecule has 0 amide bonds. The van der Waals surface area contributed by atoms with Crippen LogP contribution in [-0.4, -0.2) is 44.4 Å². The molecule has 0 aromatic carbocycles. The average molecular weight is 338 g/mol. The number of nitrogens with one attached hydrogen (secondary N) is 1. The Labute approximate surface area is 138 Å². The van der Waals surface area contributed by atoms with Gasteiger partial charge >= 0.3 is 5.69 Å². The van der Waals surface area contributed by atoms with Gasteiger partial charge in [-0.1, -0.05) is 0 Å². The van der Waals surface area contributed by atoms with Gasteiger partial charge in [-0.2, -0.15) is 0 Å². The molecule has 2 N–H and O–H groups in total. The fourth-order valence-corrected chi connectivity index (χ4v) is 4.35. The van der Waals surface area contributed by atoms with E-state index in [0.717, 1.165) is 25.7 Å². The Balaban J connectivity index is 1.81. The van der Waals surface area contributed by atoms with E-state index in [1.807, 2.05) is 6.92 Å². The molecule has 1 spiro atoms. The lowest BCUT2D eigenvalue weighted by Gasteiger charge is -2.32. The molecule has 2 aliphatic heterocycles. The van der Waals surface area contributed by atoms with Crippen LogP contribution < -0.4 is 11.2 Å². The predicted molar refractivity (Wildman–Crippen MR) is 82.5 cm³/mol. The Morgan fingerprint density at radius 3 is 2.62 bits per heavy atom. The number of H-pyrrole nitrogens is 1. The second-order valence-corrected chi connectivity index (χ2v) is 7.36. The first-order valence-electron chi connectivity index (χ1n) is 8.30. The van der Waals surface area contributed by atoms with E-state index < -0.39 is 40.6 Å². The minimum atomic E-state index is -0.999. The molecule has 3 aliphatic rings.